The van der Waals surface area contributed by atoms with E-state index in [9.17, 15) is 4.39 Å². The SMILES string of the molecule is Cc1ccc(F)cc1COc1ccc(Cl)cc1N. The lowest BCUT2D eigenvalue weighted by molar-refractivity contribution is 0.306. The summed E-state index contributed by atoms with van der Waals surface area (Å²) in [6.07, 6.45) is 0. The molecule has 0 aromatic heterocycles. The van der Waals surface area contributed by atoms with E-state index in [1.165, 1.54) is 12.1 Å². The summed E-state index contributed by atoms with van der Waals surface area (Å²) in [7, 11) is 0. The van der Waals surface area contributed by atoms with Crippen LogP contribution in [0.4, 0.5) is 10.1 Å². The lowest BCUT2D eigenvalue weighted by Crippen LogP contribution is -2.01. The van der Waals surface area contributed by atoms with Crippen LogP contribution in [0.3, 0.4) is 0 Å². The average molecular weight is 266 g/mol. The van der Waals surface area contributed by atoms with Crippen molar-refractivity contribution in [2.45, 2.75) is 13.5 Å². The maximum absolute atomic E-state index is 13.1. The first kappa shape index (κ1) is 12.7. The van der Waals surface area contributed by atoms with Crippen molar-refractivity contribution in [3.63, 3.8) is 0 Å². The number of hydrogen-bond donors (Lipinski definition) is 1. The van der Waals surface area contributed by atoms with E-state index in [0.717, 1.165) is 11.1 Å². The smallest absolute Gasteiger partial charge is 0.142 e. The Bertz CT molecular complexity index is 572. The summed E-state index contributed by atoms with van der Waals surface area (Å²) < 4.78 is 18.7. The number of hydrogen-bond acceptors (Lipinski definition) is 2. The average Bonchev–Trinajstić information content (AvgIpc) is 2.32. The number of benzene rings is 2. The second-order valence-electron chi connectivity index (χ2n) is 4.04. The normalized spacial score (nSPS) is 10.4. The fraction of sp³-hybridized carbons (Fsp3) is 0.143. The van der Waals surface area contributed by atoms with E-state index in [0.29, 0.717) is 16.5 Å². The topological polar surface area (TPSA) is 35.2 Å². The van der Waals surface area contributed by atoms with Gasteiger partial charge in [0.15, 0.2) is 0 Å². The highest BCUT2D eigenvalue weighted by molar-refractivity contribution is 6.30. The molecule has 2 aromatic carbocycles. The summed E-state index contributed by atoms with van der Waals surface area (Å²) in [5.74, 6) is 0.270. The van der Waals surface area contributed by atoms with Crippen LogP contribution in [0.15, 0.2) is 36.4 Å². The monoisotopic (exact) mass is 265 g/mol. The van der Waals surface area contributed by atoms with Crippen LogP contribution in [0.2, 0.25) is 5.02 Å². The van der Waals surface area contributed by atoms with Crippen LogP contribution >= 0.6 is 11.6 Å². The summed E-state index contributed by atoms with van der Waals surface area (Å²) in [6, 6.07) is 9.63. The highest BCUT2D eigenvalue weighted by Crippen LogP contribution is 2.26. The van der Waals surface area contributed by atoms with Gasteiger partial charge in [0.25, 0.3) is 0 Å². The predicted octanol–water partition coefficient (Wildman–Crippen LogP) is 3.95. The Morgan fingerprint density at radius 2 is 2.00 bits per heavy atom. The Morgan fingerprint density at radius 3 is 2.72 bits per heavy atom. The molecule has 0 radical (unpaired) electrons. The van der Waals surface area contributed by atoms with Gasteiger partial charge in [-0.25, -0.2) is 4.39 Å². The molecule has 0 bridgehead atoms. The third kappa shape index (κ3) is 2.93. The quantitative estimate of drug-likeness (QED) is 0.853. The highest BCUT2D eigenvalue weighted by Gasteiger charge is 2.04. The summed E-state index contributed by atoms with van der Waals surface area (Å²) in [4.78, 5) is 0. The maximum atomic E-state index is 13.1. The first-order chi connectivity index (χ1) is 8.56. The molecule has 0 unspecified atom stereocenters. The number of aryl methyl sites for hydroxylation is 1. The molecule has 0 aliphatic rings. The van der Waals surface area contributed by atoms with E-state index < -0.39 is 0 Å². The molecule has 94 valence electrons. The van der Waals surface area contributed by atoms with E-state index in [-0.39, 0.29) is 12.4 Å². The molecular weight excluding hydrogens is 253 g/mol. The first-order valence-electron chi connectivity index (χ1n) is 5.49. The molecule has 2 N–H and O–H groups in total. The molecule has 2 rings (SSSR count). The number of rotatable bonds is 3. The Balaban J connectivity index is 2.13. The van der Waals surface area contributed by atoms with Crippen molar-refractivity contribution in [3.8, 4) is 5.75 Å². The fourth-order valence-corrected chi connectivity index (χ4v) is 1.78. The zero-order valence-corrected chi connectivity index (χ0v) is 10.7. The predicted molar refractivity (Wildman–Crippen MR) is 71.3 cm³/mol. The molecule has 0 spiro atoms. The van der Waals surface area contributed by atoms with Gasteiger partial charge in [-0.1, -0.05) is 17.7 Å². The van der Waals surface area contributed by atoms with Gasteiger partial charge in [-0.3, -0.25) is 0 Å². The number of ether oxygens (including phenoxy) is 1. The third-order valence-electron chi connectivity index (χ3n) is 2.67. The number of nitrogen functional groups attached to an aromatic ring is 1. The van der Waals surface area contributed by atoms with E-state index in [1.807, 2.05) is 6.92 Å². The molecule has 0 fully saturated rings. The summed E-state index contributed by atoms with van der Waals surface area (Å²) in [6.45, 7) is 2.18. The van der Waals surface area contributed by atoms with Crippen molar-refractivity contribution in [1.82, 2.24) is 0 Å². The van der Waals surface area contributed by atoms with E-state index in [4.69, 9.17) is 22.1 Å². The van der Waals surface area contributed by atoms with Crippen molar-refractivity contribution in [1.29, 1.82) is 0 Å². The largest absolute Gasteiger partial charge is 0.487 e. The van der Waals surface area contributed by atoms with Crippen molar-refractivity contribution in [2.75, 3.05) is 5.73 Å². The van der Waals surface area contributed by atoms with Gasteiger partial charge in [-0.15, -0.1) is 0 Å². The molecule has 18 heavy (non-hydrogen) atoms. The minimum Gasteiger partial charge on any atom is -0.487 e. The standard InChI is InChI=1S/C14H13ClFNO/c1-9-2-4-12(16)6-10(9)8-18-14-5-3-11(15)7-13(14)17/h2-7H,8,17H2,1H3. The summed E-state index contributed by atoms with van der Waals surface area (Å²) in [5.41, 5.74) is 8.01. The van der Waals surface area contributed by atoms with Gasteiger partial charge in [0.05, 0.1) is 5.69 Å². The second kappa shape index (κ2) is 5.27. The number of anilines is 1. The van der Waals surface area contributed by atoms with Gasteiger partial charge < -0.3 is 10.5 Å². The summed E-state index contributed by atoms with van der Waals surface area (Å²) >= 11 is 5.79. The van der Waals surface area contributed by atoms with Crippen molar-refractivity contribution < 1.29 is 9.13 Å². The highest BCUT2D eigenvalue weighted by atomic mass is 35.5. The number of halogens is 2. The van der Waals surface area contributed by atoms with Gasteiger partial charge in [0, 0.05) is 5.02 Å². The molecule has 0 aliphatic heterocycles. The molecule has 4 heteroatoms. The van der Waals surface area contributed by atoms with Crippen LogP contribution in [-0.2, 0) is 6.61 Å². The van der Waals surface area contributed by atoms with Gasteiger partial charge >= 0.3 is 0 Å². The number of nitrogens with two attached hydrogens (primary N) is 1. The van der Waals surface area contributed by atoms with Crippen LogP contribution in [-0.4, -0.2) is 0 Å². The molecule has 2 nitrogen and oxygen atoms in total. The Labute approximate surface area is 110 Å². The fourth-order valence-electron chi connectivity index (χ4n) is 1.60. The first-order valence-corrected chi connectivity index (χ1v) is 5.87. The van der Waals surface area contributed by atoms with Gasteiger partial charge in [0.1, 0.15) is 18.2 Å². The van der Waals surface area contributed by atoms with Gasteiger partial charge in [-0.2, -0.15) is 0 Å². The minimum absolute atomic E-state index is 0.273. The van der Waals surface area contributed by atoms with Crippen LogP contribution in [0.25, 0.3) is 0 Å². The summed E-state index contributed by atoms with van der Waals surface area (Å²) in [5, 5.41) is 0.557. The molecule has 0 saturated carbocycles. The Kier molecular flexibility index (Phi) is 3.72. The van der Waals surface area contributed by atoms with Crippen LogP contribution in [0, 0.1) is 12.7 Å². The van der Waals surface area contributed by atoms with Crippen molar-refractivity contribution >= 4 is 17.3 Å². The lowest BCUT2D eigenvalue weighted by Gasteiger charge is -2.11. The molecule has 2 aromatic rings. The van der Waals surface area contributed by atoms with Gasteiger partial charge in [-0.05, 0) is 48.4 Å². The Morgan fingerprint density at radius 1 is 1.22 bits per heavy atom. The molecule has 0 heterocycles. The van der Waals surface area contributed by atoms with Crippen LogP contribution in [0.5, 0.6) is 5.75 Å². The zero-order valence-electron chi connectivity index (χ0n) is 9.91. The zero-order chi connectivity index (χ0) is 13.1. The van der Waals surface area contributed by atoms with Crippen molar-refractivity contribution in [3.05, 3.63) is 58.4 Å². The Hall–Kier alpha value is -1.74. The van der Waals surface area contributed by atoms with E-state index in [1.54, 1.807) is 24.3 Å². The van der Waals surface area contributed by atoms with Gasteiger partial charge in [0.2, 0.25) is 0 Å². The minimum atomic E-state index is -0.275. The van der Waals surface area contributed by atoms with E-state index >= 15 is 0 Å². The molecule has 0 atom stereocenters. The van der Waals surface area contributed by atoms with Crippen molar-refractivity contribution in [2.24, 2.45) is 0 Å². The third-order valence-corrected chi connectivity index (χ3v) is 2.90. The van der Waals surface area contributed by atoms with Crippen LogP contribution in [0.1, 0.15) is 11.1 Å². The second-order valence-corrected chi connectivity index (χ2v) is 4.48. The van der Waals surface area contributed by atoms with E-state index in [2.05, 4.69) is 0 Å². The van der Waals surface area contributed by atoms with Crippen LogP contribution < -0.4 is 10.5 Å². The maximum Gasteiger partial charge on any atom is 0.142 e. The molecule has 0 saturated heterocycles. The molecular formula is C14H13ClFNO. The lowest BCUT2D eigenvalue weighted by atomic mass is 10.1. The molecule has 0 amide bonds. The molecule has 0 aliphatic carbocycles.